The number of benzene rings is 3. The minimum absolute atomic E-state index is 0.165. The molecule has 1 aliphatic rings. The molecule has 0 fully saturated rings. The standard InChI is InChI=1S/C26H25N3O5/c1-17-7-6-8-18(2)26(17)34-15-24(31)28-20-11-12-22-21(13-20)29(25(32)16-33-22)14-23(30)27-19-9-4-3-5-10-19/h3-13H,14-16H2,1-2H3,(H,27,30)(H,28,31). The predicted molar refractivity (Wildman–Crippen MR) is 129 cm³/mol. The smallest absolute Gasteiger partial charge is 0.265 e. The van der Waals surface area contributed by atoms with Crippen molar-refractivity contribution < 1.29 is 23.9 Å². The lowest BCUT2D eigenvalue weighted by Gasteiger charge is -2.29. The van der Waals surface area contributed by atoms with Crippen LogP contribution in [0.25, 0.3) is 0 Å². The van der Waals surface area contributed by atoms with Crippen LogP contribution in [0.4, 0.5) is 17.1 Å². The lowest BCUT2D eigenvalue weighted by atomic mass is 10.1. The molecule has 3 aromatic carbocycles. The Hall–Kier alpha value is -4.33. The van der Waals surface area contributed by atoms with E-state index in [-0.39, 0.29) is 37.5 Å². The molecule has 2 N–H and O–H groups in total. The monoisotopic (exact) mass is 459 g/mol. The molecule has 0 aromatic heterocycles. The van der Waals surface area contributed by atoms with Gasteiger partial charge < -0.3 is 20.1 Å². The van der Waals surface area contributed by atoms with Gasteiger partial charge >= 0.3 is 0 Å². The molecule has 0 bridgehead atoms. The quantitative estimate of drug-likeness (QED) is 0.562. The van der Waals surface area contributed by atoms with Crippen LogP contribution >= 0.6 is 0 Å². The Kier molecular flexibility index (Phi) is 6.77. The SMILES string of the molecule is Cc1cccc(C)c1OCC(=O)Nc1ccc2c(c1)N(CC(=O)Nc1ccccc1)C(=O)CO2. The summed E-state index contributed by atoms with van der Waals surface area (Å²) in [7, 11) is 0. The number of amides is 3. The molecule has 8 nitrogen and oxygen atoms in total. The van der Waals surface area contributed by atoms with Gasteiger partial charge in [-0.05, 0) is 55.3 Å². The van der Waals surface area contributed by atoms with Crippen molar-refractivity contribution in [3.05, 3.63) is 77.9 Å². The second kappa shape index (κ2) is 10.1. The zero-order chi connectivity index (χ0) is 24.1. The van der Waals surface area contributed by atoms with E-state index in [9.17, 15) is 14.4 Å². The zero-order valence-electron chi connectivity index (χ0n) is 19.0. The second-order valence-corrected chi connectivity index (χ2v) is 7.92. The average Bonchev–Trinajstić information content (AvgIpc) is 2.81. The van der Waals surface area contributed by atoms with E-state index >= 15 is 0 Å². The van der Waals surface area contributed by atoms with Gasteiger partial charge in [-0.15, -0.1) is 0 Å². The molecule has 3 aromatic rings. The number of carbonyl (C=O) groups is 3. The van der Waals surface area contributed by atoms with Gasteiger partial charge in [0.25, 0.3) is 11.8 Å². The van der Waals surface area contributed by atoms with Gasteiger partial charge in [-0.1, -0.05) is 36.4 Å². The number of para-hydroxylation sites is 2. The molecule has 3 amide bonds. The molecule has 1 aliphatic heterocycles. The highest BCUT2D eigenvalue weighted by Crippen LogP contribution is 2.34. The van der Waals surface area contributed by atoms with Crippen molar-refractivity contribution in [2.75, 3.05) is 35.3 Å². The molecule has 0 aliphatic carbocycles. The Labute approximate surface area is 197 Å². The van der Waals surface area contributed by atoms with E-state index in [0.29, 0.717) is 28.6 Å². The maximum atomic E-state index is 12.5. The first-order valence-corrected chi connectivity index (χ1v) is 10.8. The van der Waals surface area contributed by atoms with Crippen LogP contribution in [-0.2, 0) is 14.4 Å². The van der Waals surface area contributed by atoms with Gasteiger partial charge in [-0.25, -0.2) is 0 Å². The van der Waals surface area contributed by atoms with Crippen LogP contribution in [0.3, 0.4) is 0 Å². The van der Waals surface area contributed by atoms with Gasteiger partial charge in [0, 0.05) is 11.4 Å². The lowest BCUT2D eigenvalue weighted by Crippen LogP contribution is -2.43. The molecule has 4 rings (SSSR count). The van der Waals surface area contributed by atoms with Gasteiger partial charge in [0.2, 0.25) is 5.91 Å². The molecule has 1 heterocycles. The van der Waals surface area contributed by atoms with Crippen LogP contribution in [0.5, 0.6) is 11.5 Å². The normalized spacial score (nSPS) is 12.4. The van der Waals surface area contributed by atoms with Crippen molar-refractivity contribution in [3.8, 4) is 11.5 Å². The summed E-state index contributed by atoms with van der Waals surface area (Å²) in [6.45, 7) is 3.33. The summed E-state index contributed by atoms with van der Waals surface area (Å²) >= 11 is 0. The van der Waals surface area contributed by atoms with E-state index in [1.165, 1.54) is 4.90 Å². The van der Waals surface area contributed by atoms with E-state index in [0.717, 1.165) is 11.1 Å². The third-order valence-electron chi connectivity index (χ3n) is 5.30. The van der Waals surface area contributed by atoms with Crippen molar-refractivity contribution in [3.63, 3.8) is 0 Å². The largest absolute Gasteiger partial charge is 0.483 e. The van der Waals surface area contributed by atoms with Gasteiger partial charge in [0.15, 0.2) is 13.2 Å². The molecule has 0 saturated heterocycles. The highest BCUT2D eigenvalue weighted by atomic mass is 16.5. The van der Waals surface area contributed by atoms with Crippen molar-refractivity contribution in [2.24, 2.45) is 0 Å². The van der Waals surface area contributed by atoms with Gasteiger partial charge in [-0.3, -0.25) is 19.3 Å². The van der Waals surface area contributed by atoms with E-state index < -0.39 is 0 Å². The zero-order valence-corrected chi connectivity index (χ0v) is 19.0. The number of hydrogen-bond donors (Lipinski definition) is 2. The number of aryl methyl sites for hydroxylation is 2. The van der Waals surface area contributed by atoms with Crippen LogP contribution in [0, 0.1) is 13.8 Å². The number of rotatable bonds is 7. The second-order valence-electron chi connectivity index (χ2n) is 7.92. The number of hydrogen-bond acceptors (Lipinski definition) is 5. The Morgan fingerprint density at radius 1 is 0.912 bits per heavy atom. The predicted octanol–water partition coefficient (Wildman–Crippen LogP) is 3.69. The summed E-state index contributed by atoms with van der Waals surface area (Å²) in [5.41, 5.74) is 3.40. The van der Waals surface area contributed by atoms with Crippen molar-refractivity contribution in [1.82, 2.24) is 0 Å². The Balaban J connectivity index is 1.44. The topological polar surface area (TPSA) is 97.0 Å². The maximum absolute atomic E-state index is 12.5. The highest BCUT2D eigenvalue weighted by Gasteiger charge is 2.28. The number of fused-ring (bicyclic) bond motifs is 1. The summed E-state index contributed by atoms with van der Waals surface area (Å²) in [5.74, 6) is 0.0926. The molecule has 0 radical (unpaired) electrons. The number of ether oxygens (including phenoxy) is 2. The molecule has 0 atom stereocenters. The summed E-state index contributed by atoms with van der Waals surface area (Å²) in [6, 6.07) is 19.7. The van der Waals surface area contributed by atoms with Crippen LogP contribution in [-0.4, -0.2) is 37.5 Å². The molecule has 8 heteroatoms. The van der Waals surface area contributed by atoms with Crippen molar-refractivity contribution in [2.45, 2.75) is 13.8 Å². The molecule has 0 spiro atoms. The fourth-order valence-corrected chi connectivity index (χ4v) is 3.68. The van der Waals surface area contributed by atoms with Gasteiger partial charge in [-0.2, -0.15) is 0 Å². The Morgan fingerprint density at radius 3 is 2.35 bits per heavy atom. The summed E-state index contributed by atoms with van der Waals surface area (Å²) < 4.78 is 11.2. The van der Waals surface area contributed by atoms with Gasteiger partial charge in [0.05, 0.1) is 5.69 Å². The fourth-order valence-electron chi connectivity index (χ4n) is 3.68. The highest BCUT2D eigenvalue weighted by molar-refractivity contribution is 6.05. The van der Waals surface area contributed by atoms with Gasteiger partial charge in [0.1, 0.15) is 18.0 Å². The Bertz CT molecular complexity index is 1210. The molecule has 0 saturated carbocycles. The molecular formula is C26H25N3O5. The molecule has 0 unspecified atom stereocenters. The number of anilines is 3. The fraction of sp³-hybridized carbons (Fsp3) is 0.192. The van der Waals surface area contributed by atoms with Crippen LogP contribution in [0.15, 0.2) is 66.7 Å². The first-order chi connectivity index (χ1) is 16.4. The van der Waals surface area contributed by atoms with Crippen LogP contribution < -0.4 is 25.0 Å². The van der Waals surface area contributed by atoms with E-state index in [1.54, 1.807) is 30.3 Å². The summed E-state index contributed by atoms with van der Waals surface area (Å²) in [5, 5.41) is 5.54. The third kappa shape index (κ3) is 5.35. The average molecular weight is 460 g/mol. The van der Waals surface area contributed by atoms with Crippen molar-refractivity contribution in [1.29, 1.82) is 0 Å². The lowest BCUT2D eigenvalue weighted by molar-refractivity contribution is -0.123. The number of carbonyl (C=O) groups excluding carboxylic acids is 3. The first-order valence-electron chi connectivity index (χ1n) is 10.8. The third-order valence-corrected chi connectivity index (χ3v) is 5.30. The number of nitrogens with zero attached hydrogens (tertiary/aromatic N) is 1. The van der Waals surface area contributed by atoms with E-state index in [4.69, 9.17) is 9.47 Å². The summed E-state index contributed by atoms with van der Waals surface area (Å²) in [4.78, 5) is 38.9. The maximum Gasteiger partial charge on any atom is 0.265 e. The number of nitrogens with one attached hydrogen (secondary N) is 2. The molecule has 174 valence electrons. The van der Waals surface area contributed by atoms with Crippen LogP contribution in [0.2, 0.25) is 0 Å². The molecule has 34 heavy (non-hydrogen) atoms. The van der Waals surface area contributed by atoms with E-state index in [2.05, 4.69) is 10.6 Å². The van der Waals surface area contributed by atoms with E-state index in [1.807, 2.05) is 50.2 Å². The summed E-state index contributed by atoms with van der Waals surface area (Å²) in [6.07, 6.45) is 0. The van der Waals surface area contributed by atoms with Crippen LogP contribution in [0.1, 0.15) is 11.1 Å². The molecular weight excluding hydrogens is 434 g/mol. The minimum atomic E-state index is -0.349. The first kappa shape index (κ1) is 22.8. The van der Waals surface area contributed by atoms with Crippen molar-refractivity contribution >= 4 is 34.8 Å². The Morgan fingerprint density at radius 2 is 1.62 bits per heavy atom. The minimum Gasteiger partial charge on any atom is -0.483 e.